The highest BCUT2D eigenvalue weighted by Gasteiger charge is 2.26. The Labute approximate surface area is 109 Å². The van der Waals surface area contributed by atoms with Crippen LogP contribution >= 0.6 is 11.3 Å². The van der Waals surface area contributed by atoms with Crippen molar-refractivity contribution in [2.75, 3.05) is 7.11 Å². The number of nitrogens with zero attached hydrogens (tertiary/aromatic N) is 2. The van der Waals surface area contributed by atoms with Gasteiger partial charge >= 0.3 is 0 Å². The first-order valence-corrected chi connectivity index (χ1v) is 6.93. The number of hydroxylamine groups is 1. The molecule has 2 heterocycles. The zero-order chi connectivity index (χ0) is 12.5. The summed E-state index contributed by atoms with van der Waals surface area (Å²) in [6.45, 7) is 0. The molecule has 0 spiro atoms. The molecule has 0 saturated heterocycles. The number of nitrogens with one attached hydrogen (secondary N) is 1. The number of carbonyl (C=O) groups is 1. The summed E-state index contributed by atoms with van der Waals surface area (Å²) >= 11 is 1.63. The van der Waals surface area contributed by atoms with E-state index in [-0.39, 0.29) is 5.91 Å². The average Bonchev–Trinajstić information content (AvgIpc) is 3.00. The predicted molar refractivity (Wildman–Crippen MR) is 68.5 cm³/mol. The minimum atomic E-state index is -0.0978. The van der Waals surface area contributed by atoms with E-state index >= 15 is 0 Å². The first-order chi connectivity index (χ1) is 8.78. The number of rotatable bonds is 5. The fraction of sp³-hybridized carbons (Fsp3) is 0.500. The molecule has 2 aromatic heterocycles. The lowest BCUT2D eigenvalue weighted by atomic mass is 10.2. The fourth-order valence-corrected chi connectivity index (χ4v) is 2.92. The van der Waals surface area contributed by atoms with Crippen LogP contribution in [0.3, 0.4) is 0 Å². The molecule has 0 unspecified atom stereocenters. The molecular formula is C12H15N3O2S. The maximum Gasteiger partial charge on any atom is 0.243 e. The maximum absolute atomic E-state index is 11.3. The van der Waals surface area contributed by atoms with Crippen molar-refractivity contribution in [1.29, 1.82) is 0 Å². The monoisotopic (exact) mass is 265 g/mol. The van der Waals surface area contributed by atoms with Crippen LogP contribution in [0, 0.1) is 0 Å². The number of hydrogen-bond acceptors (Lipinski definition) is 4. The second-order valence-corrected chi connectivity index (χ2v) is 5.39. The van der Waals surface area contributed by atoms with Crippen LogP contribution in [0.5, 0.6) is 0 Å². The molecule has 1 saturated carbocycles. The van der Waals surface area contributed by atoms with E-state index in [1.807, 2.05) is 0 Å². The summed E-state index contributed by atoms with van der Waals surface area (Å²) < 4.78 is 2.11. The summed E-state index contributed by atoms with van der Waals surface area (Å²) in [6, 6.07) is 0. The molecule has 5 nitrogen and oxygen atoms in total. The molecular weight excluding hydrogens is 250 g/mol. The molecule has 3 rings (SSSR count). The lowest BCUT2D eigenvalue weighted by molar-refractivity contribution is -0.131. The molecule has 0 atom stereocenters. The largest absolute Gasteiger partial charge is 0.294 e. The van der Waals surface area contributed by atoms with Gasteiger partial charge in [-0.25, -0.2) is 10.5 Å². The van der Waals surface area contributed by atoms with Crippen LogP contribution in [-0.4, -0.2) is 22.4 Å². The normalized spacial score (nSPS) is 15.2. The Morgan fingerprint density at radius 2 is 2.50 bits per heavy atom. The lowest BCUT2D eigenvalue weighted by Crippen LogP contribution is -2.22. The van der Waals surface area contributed by atoms with Crippen molar-refractivity contribution in [2.24, 2.45) is 0 Å². The van der Waals surface area contributed by atoms with Crippen molar-refractivity contribution in [3.63, 3.8) is 0 Å². The van der Waals surface area contributed by atoms with E-state index in [2.05, 4.69) is 31.3 Å². The molecule has 96 valence electrons. The highest BCUT2D eigenvalue weighted by Crippen LogP contribution is 2.39. The van der Waals surface area contributed by atoms with Gasteiger partial charge in [0.2, 0.25) is 5.91 Å². The van der Waals surface area contributed by atoms with E-state index in [0.29, 0.717) is 18.8 Å². The predicted octanol–water partition coefficient (Wildman–Crippen LogP) is 1.88. The lowest BCUT2D eigenvalue weighted by Gasteiger charge is -2.01. The van der Waals surface area contributed by atoms with Gasteiger partial charge < -0.3 is 0 Å². The number of thiazole rings is 1. The number of aromatic nitrogens is 2. The molecule has 1 fully saturated rings. The Kier molecular flexibility index (Phi) is 3.05. The van der Waals surface area contributed by atoms with Crippen LogP contribution in [0.1, 0.15) is 36.6 Å². The summed E-state index contributed by atoms with van der Waals surface area (Å²) in [5.41, 5.74) is 4.67. The third-order valence-corrected chi connectivity index (χ3v) is 4.01. The number of aryl methyl sites for hydroxylation is 1. The van der Waals surface area contributed by atoms with Gasteiger partial charge in [0.25, 0.3) is 0 Å². The fourth-order valence-electron chi connectivity index (χ4n) is 2.01. The van der Waals surface area contributed by atoms with Gasteiger partial charge in [0, 0.05) is 29.6 Å². The SMILES string of the molecule is CONC(=O)CCc1csc2nc(C3CC3)cn12. The molecule has 0 aromatic carbocycles. The van der Waals surface area contributed by atoms with Crippen LogP contribution in [0.15, 0.2) is 11.6 Å². The Hall–Kier alpha value is -1.40. The topological polar surface area (TPSA) is 55.6 Å². The van der Waals surface area contributed by atoms with Crippen LogP contribution in [0.4, 0.5) is 0 Å². The van der Waals surface area contributed by atoms with E-state index in [1.54, 1.807) is 11.3 Å². The van der Waals surface area contributed by atoms with Crippen molar-refractivity contribution < 1.29 is 9.63 Å². The zero-order valence-corrected chi connectivity index (χ0v) is 11.0. The smallest absolute Gasteiger partial charge is 0.243 e. The maximum atomic E-state index is 11.3. The van der Waals surface area contributed by atoms with Gasteiger partial charge in [0.15, 0.2) is 4.96 Å². The molecule has 1 aliphatic carbocycles. The van der Waals surface area contributed by atoms with E-state index in [0.717, 1.165) is 10.7 Å². The standard InChI is InChI=1S/C12H15N3O2S/c1-17-14-11(16)5-4-9-7-18-12-13-10(6-15(9)12)8-2-3-8/h6-8H,2-5H2,1H3,(H,14,16). The van der Waals surface area contributed by atoms with E-state index in [1.165, 1.54) is 25.6 Å². The molecule has 1 N–H and O–H groups in total. The number of fused-ring (bicyclic) bond motifs is 1. The Balaban J connectivity index is 1.73. The molecule has 2 aromatic rings. The number of carbonyl (C=O) groups excluding carboxylic acids is 1. The van der Waals surface area contributed by atoms with Crippen molar-refractivity contribution in [2.45, 2.75) is 31.6 Å². The molecule has 1 amide bonds. The zero-order valence-electron chi connectivity index (χ0n) is 10.2. The van der Waals surface area contributed by atoms with E-state index in [9.17, 15) is 4.79 Å². The van der Waals surface area contributed by atoms with Crippen LogP contribution in [0.2, 0.25) is 0 Å². The van der Waals surface area contributed by atoms with Gasteiger partial charge in [0.1, 0.15) is 0 Å². The minimum absolute atomic E-state index is 0.0978. The summed E-state index contributed by atoms with van der Waals surface area (Å²) in [5, 5.41) is 2.07. The van der Waals surface area contributed by atoms with Gasteiger partial charge in [0.05, 0.1) is 12.8 Å². The second kappa shape index (κ2) is 4.70. The number of imidazole rings is 1. The van der Waals surface area contributed by atoms with Crippen LogP contribution in [-0.2, 0) is 16.1 Å². The van der Waals surface area contributed by atoms with Crippen LogP contribution < -0.4 is 5.48 Å². The first kappa shape index (κ1) is 11.7. The Bertz CT molecular complexity index is 571. The summed E-state index contributed by atoms with van der Waals surface area (Å²) in [6.07, 6.45) is 5.77. The molecule has 0 aliphatic heterocycles. The van der Waals surface area contributed by atoms with Crippen molar-refractivity contribution >= 4 is 22.2 Å². The third-order valence-electron chi connectivity index (χ3n) is 3.12. The molecule has 18 heavy (non-hydrogen) atoms. The van der Waals surface area contributed by atoms with Gasteiger partial charge in [-0.1, -0.05) is 0 Å². The van der Waals surface area contributed by atoms with Crippen molar-refractivity contribution in [1.82, 2.24) is 14.9 Å². The Morgan fingerprint density at radius 1 is 1.67 bits per heavy atom. The first-order valence-electron chi connectivity index (χ1n) is 6.05. The second-order valence-electron chi connectivity index (χ2n) is 4.55. The third kappa shape index (κ3) is 2.26. The Morgan fingerprint density at radius 3 is 3.22 bits per heavy atom. The van der Waals surface area contributed by atoms with Crippen molar-refractivity contribution in [3.8, 4) is 0 Å². The molecule has 0 bridgehead atoms. The summed E-state index contributed by atoms with van der Waals surface area (Å²) in [7, 11) is 1.44. The van der Waals surface area contributed by atoms with E-state index < -0.39 is 0 Å². The summed E-state index contributed by atoms with van der Waals surface area (Å²) in [5.74, 6) is 0.570. The molecule has 0 radical (unpaired) electrons. The van der Waals surface area contributed by atoms with Gasteiger partial charge in [-0.2, -0.15) is 0 Å². The van der Waals surface area contributed by atoms with E-state index in [4.69, 9.17) is 0 Å². The van der Waals surface area contributed by atoms with Crippen molar-refractivity contribution in [3.05, 3.63) is 23.0 Å². The van der Waals surface area contributed by atoms with Gasteiger partial charge in [-0.3, -0.25) is 14.0 Å². The number of amides is 1. The summed E-state index contributed by atoms with van der Waals surface area (Å²) in [4.78, 5) is 21.6. The van der Waals surface area contributed by atoms with Crippen LogP contribution in [0.25, 0.3) is 4.96 Å². The quantitative estimate of drug-likeness (QED) is 0.840. The molecule has 1 aliphatic rings. The highest BCUT2D eigenvalue weighted by atomic mass is 32.1. The minimum Gasteiger partial charge on any atom is -0.294 e. The molecule has 6 heteroatoms. The van der Waals surface area contributed by atoms with Gasteiger partial charge in [-0.05, 0) is 19.3 Å². The average molecular weight is 265 g/mol. The number of hydrogen-bond donors (Lipinski definition) is 1. The highest BCUT2D eigenvalue weighted by molar-refractivity contribution is 7.15. The van der Waals surface area contributed by atoms with Gasteiger partial charge in [-0.15, -0.1) is 11.3 Å².